The monoisotopic (exact) mass is 376 g/mol. The van der Waals surface area contributed by atoms with Gasteiger partial charge in [-0.25, -0.2) is 8.42 Å². The lowest BCUT2D eigenvalue weighted by Gasteiger charge is -2.34. The van der Waals surface area contributed by atoms with Gasteiger partial charge in [0, 0.05) is 18.8 Å². The van der Waals surface area contributed by atoms with E-state index in [1.165, 1.54) is 12.7 Å². The Balaban J connectivity index is 1.72. The van der Waals surface area contributed by atoms with Crippen LogP contribution in [-0.2, 0) is 20.0 Å². The molecule has 1 aromatic carbocycles. The number of ether oxygens (including phenoxy) is 1. The van der Waals surface area contributed by atoms with Crippen molar-refractivity contribution in [3.8, 4) is 0 Å². The summed E-state index contributed by atoms with van der Waals surface area (Å²) in [7, 11) is -3.21. The Labute approximate surface area is 153 Å². The predicted molar refractivity (Wildman–Crippen MR) is 95.9 cm³/mol. The molecule has 6 nitrogen and oxygen atoms in total. The molecule has 2 heterocycles. The van der Waals surface area contributed by atoms with Crippen molar-refractivity contribution >= 4 is 9.84 Å². The first-order valence-corrected chi connectivity index (χ1v) is 11.1. The van der Waals surface area contributed by atoms with Gasteiger partial charge in [-0.15, -0.1) is 0 Å². The maximum Gasteiger partial charge on any atom is 0.237 e. The maximum atomic E-state index is 11.8. The predicted octanol–water partition coefficient (Wildman–Crippen LogP) is 3.23. The van der Waals surface area contributed by atoms with E-state index in [4.69, 9.17) is 14.2 Å². The van der Waals surface area contributed by atoms with Gasteiger partial charge in [0.1, 0.15) is 0 Å². The average Bonchev–Trinajstić information content (AvgIpc) is 3.33. The van der Waals surface area contributed by atoms with Crippen molar-refractivity contribution in [2.75, 3.05) is 19.5 Å². The SMILES string of the molecule is CS(=O)(=O)c1ccc(C2(c3nc([C@H]4CCOC4)no3)CCCCC2)cc1. The zero-order valence-electron chi connectivity index (χ0n) is 15.0. The van der Waals surface area contributed by atoms with Gasteiger partial charge >= 0.3 is 0 Å². The molecule has 2 fully saturated rings. The fourth-order valence-corrected chi connectivity index (χ4v) is 4.77. The van der Waals surface area contributed by atoms with E-state index in [1.807, 2.05) is 12.1 Å². The Morgan fingerprint density at radius 3 is 2.46 bits per heavy atom. The van der Waals surface area contributed by atoms with Gasteiger partial charge in [0.05, 0.1) is 16.9 Å². The second kappa shape index (κ2) is 6.78. The fourth-order valence-electron chi connectivity index (χ4n) is 4.14. The van der Waals surface area contributed by atoms with E-state index in [0.717, 1.165) is 50.1 Å². The molecule has 0 bridgehead atoms. The van der Waals surface area contributed by atoms with Crippen molar-refractivity contribution in [1.29, 1.82) is 0 Å². The van der Waals surface area contributed by atoms with E-state index in [0.29, 0.717) is 17.4 Å². The lowest BCUT2D eigenvalue weighted by Crippen LogP contribution is -2.31. The summed E-state index contributed by atoms with van der Waals surface area (Å²) in [5.74, 6) is 1.60. The number of aromatic nitrogens is 2. The summed E-state index contributed by atoms with van der Waals surface area (Å²) in [6.07, 6.45) is 7.42. The molecule has 0 radical (unpaired) electrons. The normalized spacial score (nSPS) is 23.2. The molecule has 1 aliphatic carbocycles. The van der Waals surface area contributed by atoms with Gasteiger partial charge in [0.2, 0.25) is 5.89 Å². The third-order valence-corrected chi connectivity index (χ3v) is 6.82. The molecule has 0 amide bonds. The van der Waals surface area contributed by atoms with Crippen LogP contribution >= 0.6 is 0 Å². The Kier molecular flexibility index (Phi) is 4.61. The van der Waals surface area contributed by atoms with E-state index in [-0.39, 0.29) is 11.3 Å². The van der Waals surface area contributed by atoms with Crippen molar-refractivity contribution in [1.82, 2.24) is 10.1 Å². The van der Waals surface area contributed by atoms with Crippen LogP contribution in [0.5, 0.6) is 0 Å². The first kappa shape index (κ1) is 17.7. The summed E-state index contributed by atoms with van der Waals surface area (Å²) in [5.41, 5.74) is 0.737. The maximum absolute atomic E-state index is 11.8. The van der Waals surface area contributed by atoms with Crippen LogP contribution in [0.3, 0.4) is 0 Å². The molecule has 1 saturated heterocycles. The highest BCUT2D eigenvalue weighted by Gasteiger charge is 2.41. The van der Waals surface area contributed by atoms with Gasteiger partial charge < -0.3 is 9.26 Å². The van der Waals surface area contributed by atoms with Crippen LogP contribution in [0, 0.1) is 0 Å². The Hall–Kier alpha value is -1.73. The number of hydrogen-bond donors (Lipinski definition) is 0. The lowest BCUT2D eigenvalue weighted by atomic mass is 9.69. The minimum absolute atomic E-state index is 0.209. The van der Waals surface area contributed by atoms with Crippen molar-refractivity contribution in [2.45, 2.75) is 54.8 Å². The van der Waals surface area contributed by atoms with E-state index in [2.05, 4.69) is 5.16 Å². The molecule has 0 spiro atoms. The number of benzene rings is 1. The largest absolute Gasteiger partial charge is 0.381 e. The highest BCUT2D eigenvalue weighted by Crippen LogP contribution is 2.44. The lowest BCUT2D eigenvalue weighted by molar-refractivity contribution is 0.192. The zero-order chi connectivity index (χ0) is 18.2. The second-order valence-electron chi connectivity index (χ2n) is 7.46. The second-order valence-corrected chi connectivity index (χ2v) is 9.47. The van der Waals surface area contributed by atoms with Crippen LogP contribution < -0.4 is 0 Å². The van der Waals surface area contributed by atoms with E-state index >= 15 is 0 Å². The summed E-state index contributed by atoms with van der Waals surface area (Å²) in [6.45, 7) is 1.39. The molecule has 1 atom stereocenters. The summed E-state index contributed by atoms with van der Waals surface area (Å²) >= 11 is 0. The van der Waals surface area contributed by atoms with Crippen LogP contribution in [-0.4, -0.2) is 38.0 Å². The molecule has 1 aliphatic heterocycles. The topological polar surface area (TPSA) is 82.3 Å². The van der Waals surface area contributed by atoms with Gasteiger partial charge in [0.25, 0.3) is 0 Å². The zero-order valence-corrected chi connectivity index (χ0v) is 15.8. The van der Waals surface area contributed by atoms with Gasteiger partial charge in [-0.1, -0.05) is 36.6 Å². The number of hydrogen-bond acceptors (Lipinski definition) is 6. The summed E-state index contributed by atoms with van der Waals surface area (Å²) < 4.78 is 34.7. The van der Waals surface area contributed by atoms with Gasteiger partial charge in [-0.2, -0.15) is 4.98 Å². The number of nitrogens with zero attached hydrogens (tertiary/aromatic N) is 2. The molecule has 7 heteroatoms. The summed E-state index contributed by atoms with van der Waals surface area (Å²) in [5, 5.41) is 4.24. The first-order valence-electron chi connectivity index (χ1n) is 9.21. The van der Waals surface area contributed by atoms with E-state index < -0.39 is 9.84 Å². The molecule has 26 heavy (non-hydrogen) atoms. The van der Waals surface area contributed by atoms with E-state index in [9.17, 15) is 8.42 Å². The molecular weight excluding hydrogens is 352 g/mol. The van der Waals surface area contributed by atoms with Crippen LogP contribution in [0.2, 0.25) is 0 Å². The molecule has 2 aliphatic rings. The molecule has 140 valence electrons. The standard InChI is InChI=1S/C19H24N2O4S/c1-26(22,23)16-7-5-15(6-8-16)19(10-3-2-4-11-19)18-20-17(21-25-18)14-9-12-24-13-14/h5-8,14H,2-4,9-13H2,1H3/t14-/m0/s1. The minimum atomic E-state index is -3.21. The van der Waals surface area contributed by atoms with Crippen molar-refractivity contribution in [3.63, 3.8) is 0 Å². The fraction of sp³-hybridized carbons (Fsp3) is 0.579. The summed E-state index contributed by atoms with van der Waals surface area (Å²) in [4.78, 5) is 5.09. The molecule has 0 N–H and O–H groups in total. The van der Waals surface area contributed by atoms with Crippen LogP contribution in [0.25, 0.3) is 0 Å². The third kappa shape index (κ3) is 3.18. The number of sulfone groups is 1. The minimum Gasteiger partial charge on any atom is -0.381 e. The highest BCUT2D eigenvalue weighted by atomic mass is 32.2. The highest BCUT2D eigenvalue weighted by molar-refractivity contribution is 7.90. The average molecular weight is 376 g/mol. The molecule has 1 aromatic heterocycles. The molecular formula is C19H24N2O4S. The quantitative estimate of drug-likeness (QED) is 0.815. The number of rotatable bonds is 4. The molecule has 1 saturated carbocycles. The van der Waals surface area contributed by atoms with Crippen LogP contribution in [0.15, 0.2) is 33.7 Å². The van der Waals surface area contributed by atoms with Crippen LogP contribution in [0.1, 0.15) is 61.7 Å². The van der Waals surface area contributed by atoms with Gasteiger partial charge in [-0.3, -0.25) is 0 Å². The smallest absolute Gasteiger partial charge is 0.237 e. The van der Waals surface area contributed by atoms with Crippen molar-refractivity contribution in [2.24, 2.45) is 0 Å². The van der Waals surface area contributed by atoms with Crippen molar-refractivity contribution < 1.29 is 17.7 Å². The molecule has 2 aromatic rings. The molecule has 0 unspecified atom stereocenters. The van der Waals surface area contributed by atoms with E-state index in [1.54, 1.807) is 12.1 Å². The Bertz CT molecular complexity index is 861. The third-order valence-electron chi connectivity index (χ3n) is 5.69. The van der Waals surface area contributed by atoms with Crippen LogP contribution in [0.4, 0.5) is 0 Å². The molecule has 4 rings (SSSR count). The Morgan fingerprint density at radius 1 is 1.12 bits per heavy atom. The van der Waals surface area contributed by atoms with Crippen molar-refractivity contribution in [3.05, 3.63) is 41.5 Å². The first-order chi connectivity index (χ1) is 12.5. The van der Waals surface area contributed by atoms with Gasteiger partial charge in [-0.05, 0) is 37.0 Å². The van der Waals surface area contributed by atoms with Gasteiger partial charge in [0.15, 0.2) is 15.7 Å². The Morgan fingerprint density at radius 2 is 1.85 bits per heavy atom. The summed E-state index contributed by atoms with van der Waals surface area (Å²) in [6, 6.07) is 7.18.